The van der Waals surface area contributed by atoms with Gasteiger partial charge in [-0.05, 0) is 37.3 Å². The van der Waals surface area contributed by atoms with Crippen LogP contribution in [-0.2, 0) is 21.4 Å². The van der Waals surface area contributed by atoms with Gasteiger partial charge in [-0.3, -0.25) is 4.90 Å². The quantitative estimate of drug-likeness (QED) is 0.803. The van der Waals surface area contributed by atoms with Crippen molar-refractivity contribution in [3.63, 3.8) is 0 Å². The van der Waals surface area contributed by atoms with Crippen molar-refractivity contribution in [1.29, 1.82) is 0 Å². The Bertz CT molecular complexity index is 917. The number of benzene rings is 1. The minimum atomic E-state index is -3.44. The zero-order valence-electron chi connectivity index (χ0n) is 14.4. The first-order chi connectivity index (χ1) is 12.5. The smallest absolute Gasteiger partial charge is 0.414 e. The monoisotopic (exact) mass is 392 g/mol. The minimum absolute atomic E-state index is 0.0564. The Morgan fingerprint density at radius 2 is 1.96 bits per heavy atom. The fraction of sp³-hybridized carbons (Fsp3) is 0.389. The fourth-order valence-electron chi connectivity index (χ4n) is 3.60. The van der Waals surface area contributed by atoms with E-state index in [0.29, 0.717) is 30.1 Å². The molecule has 0 N–H and O–H groups in total. The number of aryl methyl sites for hydroxylation is 1. The zero-order chi connectivity index (χ0) is 18.3. The number of fused-ring (bicyclic) bond motifs is 1. The van der Waals surface area contributed by atoms with Gasteiger partial charge in [0.15, 0.2) is 0 Å². The fourth-order valence-corrected chi connectivity index (χ4v) is 6.21. The molecule has 1 aromatic heterocycles. The number of thiophene rings is 1. The van der Waals surface area contributed by atoms with Crippen LogP contribution in [0.3, 0.4) is 0 Å². The van der Waals surface area contributed by atoms with Crippen LogP contribution in [0, 0.1) is 6.92 Å². The van der Waals surface area contributed by atoms with Crippen LogP contribution in [-0.4, -0.2) is 37.9 Å². The van der Waals surface area contributed by atoms with Gasteiger partial charge in [0.1, 0.15) is 10.8 Å². The van der Waals surface area contributed by atoms with Crippen LogP contribution < -0.4 is 4.90 Å². The van der Waals surface area contributed by atoms with E-state index >= 15 is 0 Å². The number of anilines is 1. The highest BCUT2D eigenvalue weighted by atomic mass is 32.2. The predicted molar refractivity (Wildman–Crippen MR) is 99.9 cm³/mol. The number of rotatable bonds is 3. The van der Waals surface area contributed by atoms with Gasteiger partial charge in [0.05, 0.1) is 5.69 Å². The number of amides is 1. The van der Waals surface area contributed by atoms with Gasteiger partial charge in [-0.25, -0.2) is 13.2 Å². The summed E-state index contributed by atoms with van der Waals surface area (Å²) in [5.41, 5.74) is 3.00. The van der Waals surface area contributed by atoms with Gasteiger partial charge in [0.2, 0.25) is 0 Å². The first-order valence-electron chi connectivity index (χ1n) is 8.56. The Balaban J connectivity index is 1.53. The molecule has 0 saturated carbocycles. The number of sulfonamides is 1. The van der Waals surface area contributed by atoms with E-state index < -0.39 is 10.0 Å². The van der Waals surface area contributed by atoms with Crippen molar-refractivity contribution >= 4 is 33.1 Å². The molecule has 0 radical (unpaired) electrons. The second-order valence-electron chi connectivity index (χ2n) is 6.62. The first-order valence-corrected chi connectivity index (χ1v) is 10.9. The lowest BCUT2D eigenvalue weighted by Crippen LogP contribution is -2.50. The molecular formula is C18H20N2O4S2. The van der Waals surface area contributed by atoms with E-state index in [1.807, 2.05) is 25.1 Å². The van der Waals surface area contributed by atoms with Crippen LogP contribution >= 0.6 is 11.3 Å². The summed E-state index contributed by atoms with van der Waals surface area (Å²) in [6.45, 7) is 3.10. The van der Waals surface area contributed by atoms with Crippen LogP contribution in [0.2, 0.25) is 0 Å². The average Bonchev–Trinajstić information content (AvgIpc) is 3.17. The molecule has 0 unspecified atom stereocenters. The molecule has 138 valence electrons. The highest BCUT2D eigenvalue weighted by Crippen LogP contribution is 2.33. The van der Waals surface area contributed by atoms with E-state index in [9.17, 15) is 13.2 Å². The molecule has 1 saturated heterocycles. The molecule has 2 aliphatic rings. The summed E-state index contributed by atoms with van der Waals surface area (Å²) in [6.07, 6.45) is 0.834. The Kier molecular flexibility index (Phi) is 4.50. The highest BCUT2D eigenvalue weighted by Gasteiger charge is 2.37. The molecule has 1 amide bonds. The maximum atomic E-state index is 12.7. The lowest BCUT2D eigenvalue weighted by molar-refractivity contribution is 0.135. The number of hydrogen-bond acceptors (Lipinski definition) is 5. The van der Waals surface area contributed by atoms with Gasteiger partial charge in [0, 0.05) is 24.7 Å². The molecular weight excluding hydrogens is 372 g/mol. The predicted octanol–water partition coefficient (Wildman–Crippen LogP) is 3.37. The first kappa shape index (κ1) is 17.5. The normalized spacial score (nSPS) is 19.3. The summed E-state index contributed by atoms with van der Waals surface area (Å²) in [5.74, 6) is 0. The Morgan fingerprint density at radius 3 is 2.65 bits per heavy atom. The number of hydrogen-bond donors (Lipinski definition) is 0. The molecule has 26 heavy (non-hydrogen) atoms. The van der Waals surface area contributed by atoms with E-state index in [1.54, 1.807) is 22.4 Å². The summed E-state index contributed by atoms with van der Waals surface area (Å²) in [4.78, 5) is 14.1. The molecule has 8 heteroatoms. The summed E-state index contributed by atoms with van der Waals surface area (Å²) in [7, 11) is -3.44. The van der Waals surface area contributed by atoms with Crippen molar-refractivity contribution in [2.45, 2.75) is 36.6 Å². The third-order valence-corrected chi connectivity index (χ3v) is 8.19. The van der Waals surface area contributed by atoms with Crippen LogP contribution in [0.5, 0.6) is 0 Å². The molecule has 1 fully saturated rings. The van der Waals surface area contributed by atoms with E-state index in [-0.39, 0.29) is 18.7 Å². The summed E-state index contributed by atoms with van der Waals surface area (Å²) in [5, 5.41) is 1.77. The third-order valence-electron chi connectivity index (χ3n) is 4.92. The van der Waals surface area contributed by atoms with E-state index in [1.165, 1.54) is 15.6 Å². The number of cyclic esters (lactones) is 1. The Hall–Kier alpha value is -1.90. The number of piperidine rings is 1. The standard InChI is InChI=1S/C18H20N2O4S2/c1-13-4-5-16-14(11-13)12-24-18(21)20(16)15-6-8-19(9-7-15)26(22,23)17-3-2-10-25-17/h2-5,10-11,15H,6-9,12H2,1H3. The lowest BCUT2D eigenvalue weighted by Gasteiger charge is -2.39. The molecule has 6 nitrogen and oxygen atoms in total. The Labute approximate surface area is 157 Å². The second kappa shape index (κ2) is 6.68. The minimum Gasteiger partial charge on any atom is -0.444 e. The summed E-state index contributed by atoms with van der Waals surface area (Å²) < 4.78 is 32.5. The average molecular weight is 393 g/mol. The van der Waals surface area contributed by atoms with Crippen LogP contribution in [0.1, 0.15) is 24.0 Å². The molecule has 0 spiro atoms. The second-order valence-corrected chi connectivity index (χ2v) is 9.74. The van der Waals surface area contributed by atoms with E-state index in [4.69, 9.17) is 4.74 Å². The van der Waals surface area contributed by atoms with Crippen molar-refractivity contribution < 1.29 is 17.9 Å². The van der Waals surface area contributed by atoms with Crippen molar-refractivity contribution in [2.75, 3.05) is 18.0 Å². The van der Waals surface area contributed by atoms with Gasteiger partial charge in [-0.2, -0.15) is 4.31 Å². The van der Waals surface area contributed by atoms with Gasteiger partial charge in [-0.1, -0.05) is 23.8 Å². The van der Waals surface area contributed by atoms with Crippen LogP contribution in [0.4, 0.5) is 10.5 Å². The topological polar surface area (TPSA) is 66.9 Å². The molecule has 3 heterocycles. The molecule has 0 aliphatic carbocycles. The van der Waals surface area contributed by atoms with Crippen LogP contribution in [0.25, 0.3) is 0 Å². The van der Waals surface area contributed by atoms with Gasteiger partial charge < -0.3 is 4.74 Å². The van der Waals surface area contributed by atoms with Gasteiger partial charge in [-0.15, -0.1) is 11.3 Å². The van der Waals surface area contributed by atoms with E-state index in [2.05, 4.69) is 0 Å². The number of ether oxygens (including phenoxy) is 1. The lowest BCUT2D eigenvalue weighted by atomic mass is 10.0. The highest BCUT2D eigenvalue weighted by molar-refractivity contribution is 7.91. The van der Waals surface area contributed by atoms with Gasteiger partial charge >= 0.3 is 6.09 Å². The summed E-state index contributed by atoms with van der Waals surface area (Å²) >= 11 is 1.23. The summed E-state index contributed by atoms with van der Waals surface area (Å²) in [6, 6.07) is 9.30. The van der Waals surface area contributed by atoms with Crippen molar-refractivity contribution in [3.8, 4) is 0 Å². The molecule has 0 atom stereocenters. The SMILES string of the molecule is Cc1ccc2c(c1)COC(=O)N2C1CCN(S(=O)(=O)c2cccs2)CC1. The maximum absolute atomic E-state index is 12.7. The maximum Gasteiger partial charge on any atom is 0.414 e. The van der Waals surface area contributed by atoms with Crippen LogP contribution in [0.15, 0.2) is 39.9 Å². The largest absolute Gasteiger partial charge is 0.444 e. The molecule has 1 aromatic carbocycles. The Morgan fingerprint density at radius 1 is 1.19 bits per heavy atom. The molecule has 2 aromatic rings. The molecule has 2 aliphatic heterocycles. The number of carbonyl (C=O) groups excluding carboxylic acids is 1. The zero-order valence-corrected chi connectivity index (χ0v) is 16.1. The third kappa shape index (κ3) is 3.02. The van der Waals surface area contributed by atoms with Crippen molar-refractivity contribution in [2.24, 2.45) is 0 Å². The van der Waals surface area contributed by atoms with Crippen molar-refractivity contribution in [3.05, 3.63) is 46.8 Å². The molecule has 0 bridgehead atoms. The van der Waals surface area contributed by atoms with E-state index in [0.717, 1.165) is 16.8 Å². The number of carbonyl (C=O) groups is 1. The van der Waals surface area contributed by atoms with Gasteiger partial charge in [0.25, 0.3) is 10.0 Å². The van der Waals surface area contributed by atoms with Crippen molar-refractivity contribution in [1.82, 2.24) is 4.31 Å². The molecule has 4 rings (SSSR count). The number of nitrogens with zero attached hydrogens (tertiary/aromatic N) is 2.